The Kier molecular flexibility index (Phi) is 7.26. The van der Waals surface area contributed by atoms with Crippen LogP contribution in [0.15, 0.2) is 27.6 Å². The average Bonchev–Trinajstić information content (AvgIpc) is 3.42. The molecule has 1 aromatic rings. The maximum Gasteiger partial charge on any atom is 0.417 e. The summed E-state index contributed by atoms with van der Waals surface area (Å²) in [6.07, 6.45) is -5.65. The number of amides is 1. The highest BCUT2D eigenvalue weighted by atomic mass is 79.9. The lowest BCUT2D eigenvalue weighted by Crippen LogP contribution is -2.43. The summed E-state index contributed by atoms with van der Waals surface area (Å²) < 4.78 is 97.5. The molecule has 2 aliphatic carbocycles. The first kappa shape index (κ1) is 27.3. The SMILES string of the molecule is N#CC1(NC(=O)[C@@H]2C[C@@H](S(=O)(=O)c3ccc(Br)cc3C(F)(F)F)C[C@H]2OC2CCS(=O)(=O)CC2)CC1. The van der Waals surface area contributed by atoms with Crippen LogP contribution in [0.25, 0.3) is 0 Å². The largest absolute Gasteiger partial charge is 0.417 e. The van der Waals surface area contributed by atoms with Gasteiger partial charge in [0.15, 0.2) is 19.7 Å². The van der Waals surface area contributed by atoms with E-state index in [-0.39, 0.29) is 41.7 Å². The van der Waals surface area contributed by atoms with E-state index in [1.54, 1.807) is 0 Å². The zero-order valence-corrected chi connectivity index (χ0v) is 22.1. The number of nitrogens with zero attached hydrogens (tertiary/aromatic N) is 1. The minimum absolute atomic E-state index is 0.0668. The number of hydrogen-bond acceptors (Lipinski definition) is 7. The molecule has 0 bridgehead atoms. The summed E-state index contributed by atoms with van der Waals surface area (Å²) in [6.45, 7) is 0. The summed E-state index contributed by atoms with van der Waals surface area (Å²) in [6, 6.07) is 4.83. The Balaban J connectivity index is 1.61. The molecule has 1 heterocycles. The predicted octanol–water partition coefficient (Wildman–Crippen LogP) is 3.15. The second kappa shape index (κ2) is 9.56. The molecule has 0 aromatic heterocycles. The number of nitrogens with one attached hydrogen (secondary N) is 1. The Morgan fingerprint density at radius 2 is 1.83 bits per heavy atom. The Morgan fingerprint density at radius 1 is 1.19 bits per heavy atom. The number of benzene rings is 1. The van der Waals surface area contributed by atoms with Crippen molar-refractivity contribution in [3.05, 3.63) is 28.2 Å². The van der Waals surface area contributed by atoms with Crippen LogP contribution in [-0.4, -0.2) is 57.2 Å². The van der Waals surface area contributed by atoms with E-state index < -0.39 is 71.1 Å². The molecule has 198 valence electrons. The molecule has 0 radical (unpaired) electrons. The summed E-state index contributed by atoms with van der Waals surface area (Å²) in [7, 11) is -7.72. The van der Waals surface area contributed by atoms with Crippen LogP contribution in [0.3, 0.4) is 0 Å². The molecule has 4 rings (SSSR count). The maximum atomic E-state index is 13.7. The quantitative estimate of drug-likeness (QED) is 0.522. The first-order valence-corrected chi connectivity index (χ1v) is 15.5. The van der Waals surface area contributed by atoms with Gasteiger partial charge in [-0.15, -0.1) is 0 Å². The van der Waals surface area contributed by atoms with Crippen molar-refractivity contribution in [2.24, 2.45) is 5.92 Å². The highest BCUT2D eigenvalue weighted by Crippen LogP contribution is 2.43. The van der Waals surface area contributed by atoms with E-state index in [4.69, 9.17) is 4.74 Å². The number of carbonyl (C=O) groups is 1. The Bertz CT molecular complexity index is 1290. The van der Waals surface area contributed by atoms with E-state index in [0.717, 1.165) is 6.07 Å². The van der Waals surface area contributed by atoms with Crippen molar-refractivity contribution < 1.29 is 39.5 Å². The summed E-state index contributed by atoms with van der Waals surface area (Å²) in [5.74, 6) is -1.81. The average molecular weight is 613 g/mol. The number of hydrogen-bond donors (Lipinski definition) is 1. The molecule has 3 atom stereocenters. The molecule has 1 amide bonds. The molecular weight excluding hydrogens is 589 g/mol. The van der Waals surface area contributed by atoms with E-state index in [1.165, 1.54) is 6.07 Å². The highest BCUT2D eigenvalue weighted by molar-refractivity contribution is 9.10. The lowest BCUT2D eigenvalue weighted by Gasteiger charge is -2.28. The van der Waals surface area contributed by atoms with Crippen molar-refractivity contribution in [2.75, 3.05) is 11.5 Å². The van der Waals surface area contributed by atoms with Gasteiger partial charge in [-0.2, -0.15) is 18.4 Å². The van der Waals surface area contributed by atoms with Crippen molar-refractivity contribution in [3.8, 4) is 6.07 Å². The molecule has 3 aliphatic rings. The van der Waals surface area contributed by atoms with Gasteiger partial charge in [0.1, 0.15) is 5.54 Å². The van der Waals surface area contributed by atoms with E-state index >= 15 is 0 Å². The lowest BCUT2D eigenvalue weighted by atomic mass is 10.0. The molecule has 8 nitrogen and oxygen atoms in total. The van der Waals surface area contributed by atoms with Crippen LogP contribution in [0, 0.1) is 17.2 Å². The molecule has 36 heavy (non-hydrogen) atoms. The molecule has 3 fully saturated rings. The molecular formula is C22H24BrF3N2O6S2. The number of ether oxygens (including phenoxy) is 1. The Morgan fingerprint density at radius 3 is 2.39 bits per heavy atom. The van der Waals surface area contributed by atoms with Gasteiger partial charge in [0.05, 0.1) is 51.4 Å². The lowest BCUT2D eigenvalue weighted by molar-refractivity contribution is -0.140. The number of carbonyl (C=O) groups excluding carboxylic acids is 1. The fraction of sp³-hybridized carbons (Fsp3) is 0.636. The maximum absolute atomic E-state index is 13.7. The van der Waals surface area contributed by atoms with Gasteiger partial charge in [-0.3, -0.25) is 4.79 Å². The fourth-order valence-corrected chi connectivity index (χ4v) is 8.57. The van der Waals surface area contributed by atoms with Gasteiger partial charge in [0, 0.05) is 4.47 Å². The molecule has 1 saturated heterocycles. The summed E-state index contributed by atoms with van der Waals surface area (Å²) >= 11 is 2.94. The van der Waals surface area contributed by atoms with Gasteiger partial charge in [-0.25, -0.2) is 16.8 Å². The summed E-state index contributed by atoms with van der Waals surface area (Å²) in [4.78, 5) is 12.2. The van der Waals surface area contributed by atoms with Gasteiger partial charge >= 0.3 is 6.18 Å². The third kappa shape index (κ3) is 5.74. The van der Waals surface area contributed by atoms with Crippen LogP contribution in [0.1, 0.15) is 44.1 Å². The molecule has 0 spiro atoms. The van der Waals surface area contributed by atoms with E-state index in [0.29, 0.717) is 18.9 Å². The van der Waals surface area contributed by atoms with Crippen molar-refractivity contribution in [1.82, 2.24) is 5.32 Å². The summed E-state index contributed by atoms with van der Waals surface area (Å²) in [5, 5.41) is 10.6. The van der Waals surface area contributed by atoms with Gasteiger partial charge in [-0.05, 0) is 56.7 Å². The van der Waals surface area contributed by atoms with Crippen molar-refractivity contribution in [1.29, 1.82) is 5.26 Å². The van der Waals surface area contributed by atoms with E-state index in [1.807, 2.05) is 6.07 Å². The Labute approximate surface area is 215 Å². The second-order valence-electron chi connectivity index (χ2n) is 9.59. The van der Waals surface area contributed by atoms with Crippen LogP contribution in [0.2, 0.25) is 0 Å². The highest BCUT2D eigenvalue weighted by Gasteiger charge is 2.51. The monoisotopic (exact) mass is 612 g/mol. The smallest absolute Gasteiger partial charge is 0.374 e. The van der Waals surface area contributed by atoms with Gasteiger partial charge < -0.3 is 10.1 Å². The Hall–Kier alpha value is -1.69. The molecule has 14 heteroatoms. The fourth-order valence-electron chi connectivity index (χ4n) is 4.76. The van der Waals surface area contributed by atoms with Crippen molar-refractivity contribution in [2.45, 2.75) is 72.6 Å². The number of rotatable bonds is 6. The minimum atomic E-state index is -4.92. The van der Waals surface area contributed by atoms with Gasteiger partial charge in [0.25, 0.3) is 0 Å². The van der Waals surface area contributed by atoms with Crippen LogP contribution in [0.5, 0.6) is 0 Å². The molecule has 1 N–H and O–H groups in total. The third-order valence-electron chi connectivity index (χ3n) is 6.99. The van der Waals surface area contributed by atoms with Gasteiger partial charge in [-0.1, -0.05) is 15.9 Å². The predicted molar refractivity (Wildman–Crippen MR) is 125 cm³/mol. The first-order valence-electron chi connectivity index (χ1n) is 11.4. The van der Waals surface area contributed by atoms with Crippen LogP contribution in [0.4, 0.5) is 13.2 Å². The van der Waals surface area contributed by atoms with Gasteiger partial charge in [0.2, 0.25) is 5.91 Å². The van der Waals surface area contributed by atoms with Crippen molar-refractivity contribution in [3.63, 3.8) is 0 Å². The molecule has 1 aliphatic heterocycles. The molecule has 0 unspecified atom stereocenters. The number of halogens is 4. The number of nitriles is 1. The molecule has 2 saturated carbocycles. The molecule has 1 aromatic carbocycles. The second-order valence-corrected chi connectivity index (χ2v) is 15.0. The normalized spacial score (nSPS) is 27.8. The number of sulfone groups is 2. The van der Waals surface area contributed by atoms with E-state index in [2.05, 4.69) is 21.2 Å². The number of alkyl halides is 3. The van der Waals surface area contributed by atoms with Crippen molar-refractivity contribution >= 4 is 41.5 Å². The standard InChI is InChI=1S/C22H24BrF3N2O6S2/c23-13-1-2-19(17(9-13)22(24,25)26)36(32,33)15-10-16(20(29)28-21(12-27)5-6-21)18(11-15)34-14-3-7-35(30,31)8-4-14/h1-2,9,14-16,18H,3-8,10-11H2,(H,28,29)/t15-,16-,18-/m1/s1. The third-order valence-corrected chi connectivity index (χ3v) is 11.4. The zero-order valence-electron chi connectivity index (χ0n) is 18.9. The van der Waals surface area contributed by atoms with Crippen LogP contribution >= 0.6 is 15.9 Å². The summed E-state index contributed by atoms with van der Waals surface area (Å²) in [5.41, 5.74) is -2.33. The minimum Gasteiger partial charge on any atom is -0.374 e. The van der Waals surface area contributed by atoms with Crippen LogP contribution < -0.4 is 5.32 Å². The van der Waals surface area contributed by atoms with Crippen LogP contribution in [-0.2, 0) is 35.4 Å². The zero-order chi connectivity index (χ0) is 26.5. The first-order chi connectivity index (χ1) is 16.7. The van der Waals surface area contributed by atoms with E-state index in [9.17, 15) is 40.1 Å². The topological polar surface area (TPSA) is 130 Å².